The van der Waals surface area contributed by atoms with E-state index in [1.165, 1.54) is 25.6 Å². The normalized spacial score (nSPS) is 10.5. The largest absolute Gasteiger partial charge is 0.486 e. The van der Waals surface area contributed by atoms with Gasteiger partial charge in [-0.15, -0.1) is 11.3 Å². The second-order valence-electron chi connectivity index (χ2n) is 5.04. The smallest absolute Gasteiger partial charge is 0.421 e. The van der Waals surface area contributed by atoms with Crippen LogP contribution in [0.4, 0.5) is 10.5 Å². The Morgan fingerprint density at radius 2 is 2.00 bits per heavy atom. The van der Waals surface area contributed by atoms with Crippen molar-refractivity contribution in [3.8, 4) is 5.75 Å². The van der Waals surface area contributed by atoms with Crippen LogP contribution >= 0.6 is 34.5 Å². The maximum absolute atomic E-state index is 12.2. The highest BCUT2D eigenvalue weighted by molar-refractivity contribution is 7.16. The van der Waals surface area contributed by atoms with Crippen LogP contribution in [0.3, 0.4) is 0 Å². The van der Waals surface area contributed by atoms with E-state index in [0.29, 0.717) is 26.3 Å². The maximum atomic E-state index is 12.2. The molecule has 0 bridgehead atoms. The first kappa shape index (κ1) is 20.4. The van der Waals surface area contributed by atoms with Crippen LogP contribution in [0.15, 0.2) is 18.2 Å². The molecule has 1 aromatic heterocycles. The first-order chi connectivity index (χ1) is 12.4. The molecule has 0 atom stereocenters. The van der Waals surface area contributed by atoms with Crippen molar-refractivity contribution in [2.45, 2.75) is 13.5 Å². The van der Waals surface area contributed by atoms with Crippen LogP contribution in [0.25, 0.3) is 0 Å². The Bertz CT molecular complexity index is 792. The number of ether oxygens (including phenoxy) is 3. The SMILES string of the molecule is COCC(=O)N(C(=O)OC)c1ccc(OCc2nc(Cl)c(Cl)s2)cc1C. The third-order valence-corrected chi connectivity index (χ3v) is 4.95. The van der Waals surface area contributed by atoms with Gasteiger partial charge in [-0.25, -0.2) is 14.7 Å². The number of hydrogen-bond donors (Lipinski definition) is 0. The topological polar surface area (TPSA) is 78.0 Å². The van der Waals surface area contributed by atoms with Gasteiger partial charge in [0.2, 0.25) is 0 Å². The summed E-state index contributed by atoms with van der Waals surface area (Å²) in [5.74, 6) is 0.000823. The molecule has 7 nitrogen and oxygen atoms in total. The summed E-state index contributed by atoms with van der Waals surface area (Å²) in [6, 6.07) is 4.92. The van der Waals surface area contributed by atoms with Crippen molar-refractivity contribution in [1.29, 1.82) is 0 Å². The Morgan fingerprint density at radius 1 is 1.27 bits per heavy atom. The van der Waals surface area contributed by atoms with Gasteiger partial charge in [0, 0.05) is 7.11 Å². The molecule has 140 valence electrons. The highest BCUT2D eigenvalue weighted by Gasteiger charge is 2.25. The van der Waals surface area contributed by atoms with E-state index in [1.54, 1.807) is 25.1 Å². The number of amides is 2. The minimum Gasteiger partial charge on any atom is -0.486 e. The summed E-state index contributed by atoms with van der Waals surface area (Å²) in [6.07, 6.45) is -0.795. The average Bonchev–Trinajstić information content (AvgIpc) is 2.93. The number of methoxy groups -OCH3 is 2. The van der Waals surface area contributed by atoms with Crippen LogP contribution in [0.1, 0.15) is 10.6 Å². The molecule has 0 unspecified atom stereocenters. The van der Waals surface area contributed by atoms with Crippen LogP contribution in [-0.2, 0) is 20.9 Å². The van der Waals surface area contributed by atoms with Gasteiger partial charge in [-0.2, -0.15) is 0 Å². The molecule has 1 heterocycles. The van der Waals surface area contributed by atoms with Crippen molar-refractivity contribution in [1.82, 2.24) is 4.98 Å². The number of halogens is 2. The summed E-state index contributed by atoms with van der Waals surface area (Å²) in [5.41, 5.74) is 1.03. The standard InChI is InChI=1S/C16H16Cl2N2O5S/c1-9-6-10(25-7-12-19-14(17)15(18)26-12)4-5-11(9)20(16(22)24-3)13(21)8-23-2/h4-6H,7-8H2,1-3H3. The highest BCUT2D eigenvalue weighted by Crippen LogP contribution is 2.30. The number of aryl methyl sites for hydroxylation is 1. The lowest BCUT2D eigenvalue weighted by Crippen LogP contribution is -2.39. The lowest BCUT2D eigenvalue weighted by Gasteiger charge is -2.21. The zero-order valence-electron chi connectivity index (χ0n) is 14.2. The zero-order chi connectivity index (χ0) is 19.3. The summed E-state index contributed by atoms with van der Waals surface area (Å²) < 4.78 is 15.6. The van der Waals surface area contributed by atoms with Crippen LogP contribution in [0.5, 0.6) is 5.75 Å². The minimum atomic E-state index is -0.795. The summed E-state index contributed by atoms with van der Waals surface area (Å²) in [5, 5.41) is 0.875. The molecule has 2 amide bonds. The molecule has 2 rings (SSSR count). The molecule has 0 saturated heterocycles. The number of nitrogens with zero attached hydrogens (tertiary/aromatic N) is 2. The van der Waals surface area contributed by atoms with Crippen LogP contribution in [-0.4, -0.2) is 37.8 Å². The van der Waals surface area contributed by atoms with Gasteiger partial charge in [-0.3, -0.25) is 4.79 Å². The molecule has 0 aliphatic carbocycles. The van der Waals surface area contributed by atoms with E-state index in [2.05, 4.69) is 9.72 Å². The lowest BCUT2D eigenvalue weighted by atomic mass is 10.1. The molecule has 2 aromatic rings. The van der Waals surface area contributed by atoms with E-state index in [4.69, 9.17) is 32.7 Å². The Hall–Kier alpha value is -1.87. The van der Waals surface area contributed by atoms with Gasteiger partial charge >= 0.3 is 6.09 Å². The zero-order valence-corrected chi connectivity index (χ0v) is 16.6. The first-order valence-electron chi connectivity index (χ1n) is 7.31. The summed E-state index contributed by atoms with van der Waals surface area (Å²) in [6.45, 7) is 1.69. The number of imide groups is 1. The van der Waals surface area contributed by atoms with Crippen molar-refractivity contribution >= 4 is 52.2 Å². The summed E-state index contributed by atoms with van der Waals surface area (Å²) in [7, 11) is 2.57. The Balaban J connectivity index is 2.18. The predicted octanol–water partition coefficient (Wildman–Crippen LogP) is 4.08. The molecule has 10 heteroatoms. The number of carbonyl (C=O) groups is 2. The van der Waals surface area contributed by atoms with Gasteiger partial charge in [0.25, 0.3) is 5.91 Å². The van der Waals surface area contributed by atoms with Crippen LogP contribution < -0.4 is 9.64 Å². The molecule has 0 saturated carbocycles. The average molecular weight is 419 g/mol. The Morgan fingerprint density at radius 3 is 2.54 bits per heavy atom. The monoisotopic (exact) mass is 418 g/mol. The third kappa shape index (κ3) is 4.85. The summed E-state index contributed by atoms with van der Waals surface area (Å²) in [4.78, 5) is 29.1. The van der Waals surface area contributed by atoms with Gasteiger partial charge in [0.15, 0.2) is 5.15 Å². The number of rotatable bonds is 6. The van der Waals surface area contributed by atoms with Crippen LogP contribution in [0, 0.1) is 6.92 Å². The van der Waals surface area contributed by atoms with Gasteiger partial charge in [0.1, 0.15) is 28.3 Å². The van der Waals surface area contributed by atoms with Gasteiger partial charge < -0.3 is 14.2 Å². The molecule has 0 fully saturated rings. The van der Waals surface area contributed by atoms with E-state index < -0.39 is 12.0 Å². The van der Waals surface area contributed by atoms with Crippen LogP contribution in [0.2, 0.25) is 9.49 Å². The number of anilines is 1. The van der Waals surface area contributed by atoms with Crippen molar-refractivity contribution in [2.75, 3.05) is 25.7 Å². The van der Waals surface area contributed by atoms with Crippen molar-refractivity contribution in [3.05, 3.63) is 38.3 Å². The number of carbonyl (C=O) groups excluding carboxylic acids is 2. The second kappa shape index (κ2) is 9.18. The summed E-state index contributed by atoms with van der Waals surface area (Å²) >= 11 is 12.9. The lowest BCUT2D eigenvalue weighted by molar-refractivity contribution is -0.121. The highest BCUT2D eigenvalue weighted by atomic mass is 35.5. The predicted molar refractivity (Wildman–Crippen MR) is 99.4 cm³/mol. The molecular formula is C16H16Cl2N2O5S. The molecule has 0 aliphatic heterocycles. The van der Waals surface area contributed by atoms with Gasteiger partial charge in [-0.05, 0) is 30.7 Å². The van der Waals surface area contributed by atoms with Crippen molar-refractivity contribution in [3.63, 3.8) is 0 Å². The second-order valence-corrected chi connectivity index (χ2v) is 7.08. The van der Waals surface area contributed by atoms with E-state index >= 15 is 0 Å². The molecule has 26 heavy (non-hydrogen) atoms. The fourth-order valence-electron chi connectivity index (χ4n) is 2.11. The fourth-order valence-corrected chi connectivity index (χ4v) is 3.28. The minimum absolute atomic E-state index is 0.194. The fraction of sp³-hybridized carbons (Fsp3) is 0.312. The maximum Gasteiger partial charge on any atom is 0.421 e. The number of hydrogen-bond acceptors (Lipinski definition) is 7. The molecule has 1 aromatic carbocycles. The van der Waals surface area contributed by atoms with E-state index in [9.17, 15) is 9.59 Å². The quantitative estimate of drug-likeness (QED) is 0.702. The Kier molecular flexibility index (Phi) is 7.22. The van der Waals surface area contributed by atoms with Crippen molar-refractivity contribution < 1.29 is 23.8 Å². The molecular weight excluding hydrogens is 403 g/mol. The number of aromatic nitrogens is 1. The van der Waals surface area contributed by atoms with E-state index in [1.807, 2.05) is 0 Å². The number of thiazole rings is 1. The van der Waals surface area contributed by atoms with Crippen molar-refractivity contribution in [2.24, 2.45) is 0 Å². The van der Waals surface area contributed by atoms with E-state index in [-0.39, 0.29) is 18.4 Å². The molecule has 0 N–H and O–H groups in total. The molecule has 0 spiro atoms. The molecule has 0 aliphatic rings. The third-order valence-electron chi connectivity index (χ3n) is 3.24. The number of benzene rings is 1. The molecule has 0 radical (unpaired) electrons. The first-order valence-corrected chi connectivity index (χ1v) is 8.88. The Labute approximate surface area is 164 Å². The van der Waals surface area contributed by atoms with Gasteiger partial charge in [0.05, 0.1) is 12.8 Å². The van der Waals surface area contributed by atoms with Gasteiger partial charge in [-0.1, -0.05) is 23.2 Å². The van der Waals surface area contributed by atoms with E-state index in [0.717, 1.165) is 4.90 Å².